The second kappa shape index (κ2) is 10.9. The van der Waals surface area contributed by atoms with Crippen LogP contribution in [0, 0.1) is 5.92 Å². The lowest BCUT2D eigenvalue weighted by atomic mass is 10.1. The molecule has 0 radical (unpaired) electrons. The first-order valence-corrected chi connectivity index (χ1v) is 12.3. The van der Waals surface area contributed by atoms with E-state index < -0.39 is 0 Å². The van der Waals surface area contributed by atoms with Crippen LogP contribution >= 0.6 is 0 Å². The zero-order chi connectivity index (χ0) is 24.9. The predicted molar refractivity (Wildman–Crippen MR) is 132 cm³/mol. The molecule has 1 unspecified atom stereocenters. The molecule has 4 rings (SSSR count). The lowest BCUT2D eigenvalue weighted by Gasteiger charge is -2.13. The molecule has 3 aromatic rings. The molecule has 2 amide bonds. The van der Waals surface area contributed by atoms with Crippen molar-refractivity contribution in [1.29, 1.82) is 0 Å². The van der Waals surface area contributed by atoms with Crippen LogP contribution in [0.2, 0.25) is 0 Å². The summed E-state index contributed by atoms with van der Waals surface area (Å²) in [6.45, 7) is 6.15. The smallest absolute Gasteiger partial charge is 0.288 e. The Balaban J connectivity index is 1.55. The fourth-order valence-corrected chi connectivity index (χ4v) is 4.07. The molecule has 1 aliphatic carbocycles. The summed E-state index contributed by atoms with van der Waals surface area (Å²) in [6, 6.07) is 9.35. The maximum atomic E-state index is 12.9. The van der Waals surface area contributed by atoms with Gasteiger partial charge in [0.05, 0.1) is 25.0 Å². The maximum Gasteiger partial charge on any atom is 0.288 e. The largest absolute Gasteiger partial charge is 0.431 e. The Kier molecular flexibility index (Phi) is 7.65. The van der Waals surface area contributed by atoms with Crippen LogP contribution in [0.15, 0.2) is 40.9 Å². The van der Waals surface area contributed by atoms with Gasteiger partial charge >= 0.3 is 0 Å². The average molecular weight is 480 g/mol. The number of aliphatic hydroxyl groups excluding tert-OH is 1. The number of aliphatic hydroxyl groups is 1. The Bertz CT molecular complexity index is 1180. The van der Waals surface area contributed by atoms with Gasteiger partial charge in [0.15, 0.2) is 0 Å². The Morgan fingerprint density at radius 1 is 1.14 bits per heavy atom. The summed E-state index contributed by atoms with van der Waals surface area (Å²) >= 11 is 0. The van der Waals surface area contributed by atoms with Crippen LogP contribution in [0.1, 0.15) is 67.5 Å². The number of benzene rings is 1. The summed E-state index contributed by atoms with van der Waals surface area (Å²) in [4.78, 5) is 29.7. The zero-order valence-electron chi connectivity index (χ0n) is 20.5. The van der Waals surface area contributed by atoms with E-state index >= 15 is 0 Å². The van der Waals surface area contributed by atoms with Gasteiger partial charge < -0.3 is 20.2 Å². The first kappa shape index (κ1) is 24.7. The molecule has 9 nitrogen and oxygen atoms in total. The molecule has 1 saturated carbocycles. The van der Waals surface area contributed by atoms with Crippen LogP contribution in [-0.4, -0.2) is 50.4 Å². The van der Waals surface area contributed by atoms with Gasteiger partial charge in [-0.1, -0.05) is 26.0 Å². The molecule has 2 heterocycles. The second-order valence-corrected chi connectivity index (χ2v) is 9.06. The normalized spacial score (nSPS) is 14.2. The molecule has 1 atom stereocenters. The van der Waals surface area contributed by atoms with Gasteiger partial charge in [0.25, 0.3) is 11.8 Å². The number of amides is 2. The van der Waals surface area contributed by atoms with Crippen LogP contribution < -0.4 is 10.6 Å². The highest BCUT2D eigenvalue weighted by molar-refractivity contribution is 5.94. The van der Waals surface area contributed by atoms with Gasteiger partial charge in [-0.25, -0.2) is 4.98 Å². The number of hydrogen-bond donors (Lipinski definition) is 3. The summed E-state index contributed by atoms with van der Waals surface area (Å²) in [6.07, 6.45) is 5.38. The quantitative estimate of drug-likeness (QED) is 0.386. The first-order chi connectivity index (χ1) is 16.9. The zero-order valence-corrected chi connectivity index (χ0v) is 20.5. The lowest BCUT2D eigenvalue weighted by molar-refractivity contribution is 0.0904. The van der Waals surface area contributed by atoms with E-state index in [1.807, 2.05) is 45.0 Å². The van der Waals surface area contributed by atoms with Gasteiger partial charge in [-0.2, -0.15) is 5.10 Å². The van der Waals surface area contributed by atoms with E-state index in [1.165, 1.54) is 10.9 Å². The molecule has 186 valence electrons. The molecule has 1 fully saturated rings. The Hall–Kier alpha value is -3.46. The number of oxazole rings is 1. The van der Waals surface area contributed by atoms with Gasteiger partial charge in [-0.3, -0.25) is 14.3 Å². The van der Waals surface area contributed by atoms with Crippen LogP contribution in [0.5, 0.6) is 0 Å². The van der Waals surface area contributed by atoms with Crippen molar-refractivity contribution in [2.45, 2.75) is 65.1 Å². The van der Waals surface area contributed by atoms with E-state index in [2.05, 4.69) is 20.7 Å². The number of hydrogen-bond acceptors (Lipinski definition) is 6. The summed E-state index contributed by atoms with van der Waals surface area (Å²) in [7, 11) is 0. The second-order valence-electron chi connectivity index (χ2n) is 9.06. The minimum atomic E-state index is -0.285. The van der Waals surface area contributed by atoms with E-state index in [-0.39, 0.29) is 42.8 Å². The summed E-state index contributed by atoms with van der Waals surface area (Å²) in [5.74, 6) is 0.536. The van der Waals surface area contributed by atoms with Crippen LogP contribution in [0.3, 0.4) is 0 Å². The summed E-state index contributed by atoms with van der Waals surface area (Å²) in [5.41, 5.74) is 2.46. The molecule has 1 aliphatic rings. The molecule has 0 aliphatic heterocycles. The third kappa shape index (κ3) is 5.79. The van der Waals surface area contributed by atoms with Crippen LogP contribution in [0.25, 0.3) is 22.7 Å². The van der Waals surface area contributed by atoms with E-state index in [9.17, 15) is 14.7 Å². The third-order valence-electron chi connectivity index (χ3n) is 6.47. The number of nitrogens with one attached hydrogen (secondary N) is 2. The van der Waals surface area contributed by atoms with E-state index in [0.29, 0.717) is 28.8 Å². The highest BCUT2D eigenvalue weighted by Crippen LogP contribution is 2.32. The average Bonchev–Trinajstić information content (AvgIpc) is 3.44. The molecule has 0 saturated heterocycles. The number of carbonyl (C=O) groups is 2. The number of nitrogens with zero attached hydrogens (tertiary/aromatic N) is 3. The van der Waals surface area contributed by atoms with Gasteiger partial charge in [0, 0.05) is 23.2 Å². The van der Waals surface area contributed by atoms with Crippen molar-refractivity contribution < 1.29 is 19.1 Å². The van der Waals surface area contributed by atoms with Gasteiger partial charge in [0.1, 0.15) is 5.69 Å². The molecule has 35 heavy (non-hydrogen) atoms. The monoisotopic (exact) mass is 479 g/mol. The molecule has 0 bridgehead atoms. The van der Waals surface area contributed by atoms with Crippen molar-refractivity contribution in [2.75, 3.05) is 6.61 Å². The fraction of sp³-hybridized carbons (Fsp3) is 0.462. The van der Waals surface area contributed by atoms with Crippen molar-refractivity contribution in [2.24, 2.45) is 5.92 Å². The SMILES string of the molecule is CCC(CC)NC(=O)c1cnc(-c2cccc(-c3cc(C(=O)NC(C)C4CC4)n(CCO)n3)c2)o1. The number of aromatic nitrogens is 3. The first-order valence-electron chi connectivity index (χ1n) is 12.3. The summed E-state index contributed by atoms with van der Waals surface area (Å²) in [5, 5.41) is 20.0. The predicted octanol–water partition coefficient (Wildman–Crippen LogP) is 3.64. The summed E-state index contributed by atoms with van der Waals surface area (Å²) < 4.78 is 7.27. The maximum absolute atomic E-state index is 12.9. The van der Waals surface area contributed by atoms with E-state index in [1.54, 1.807) is 6.07 Å². The van der Waals surface area contributed by atoms with Gasteiger partial charge in [-0.05, 0) is 56.7 Å². The topological polar surface area (TPSA) is 122 Å². The Morgan fingerprint density at radius 2 is 1.89 bits per heavy atom. The van der Waals surface area contributed by atoms with Crippen molar-refractivity contribution in [3.05, 3.63) is 48.0 Å². The van der Waals surface area contributed by atoms with Crippen LogP contribution in [-0.2, 0) is 6.54 Å². The Morgan fingerprint density at radius 3 is 2.57 bits per heavy atom. The van der Waals surface area contributed by atoms with Crippen LogP contribution in [0.4, 0.5) is 0 Å². The van der Waals surface area contributed by atoms with Crippen molar-refractivity contribution >= 4 is 11.8 Å². The molecule has 9 heteroatoms. The fourth-order valence-electron chi connectivity index (χ4n) is 4.07. The molecule has 1 aromatic carbocycles. The number of carbonyl (C=O) groups excluding carboxylic acids is 2. The molecule has 2 aromatic heterocycles. The van der Waals surface area contributed by atoms with Crippen molar-refractivity contribution in [3.63, 3.8) is 0 Å². The van der Waals surface area contributed by atoms with Gasteiger partial charge in [0.2, 0.25) is 11.7 Å². The molecular formula is C26H33N5O4. The van der Waals surface area contributed by atoms with Crippen molar-refractivity contribution in [3.8, 4) is 22.7 Å². The molecule has 0 spiro atoms. The van der Waals surface area contributed by atoms with E-state index in [0.717, 1.165) is 31.2 Å². The highest BCUT2D eigenvalue weighted by atomic mass is 16.4. The standard InChI is InChI=1S/C26H33N5O4/c1-4-20(5-2)29-25(34)23-15-27-26(35-23)19-8-6-7-18(13-19)21-14-22(31(30-21)11-12-32)24(33)28-16(3)17-9-10-17/h6-8,13-17,20,32H,4-5,9-12H2,1-3H3,(H,28,33)(H,29,34). The minimum Gasteiger partial charge on any atom is -0.431 e. The molecule has 3 N–H and O–H groups in total. The minimum absolute atomic E-state index is 0.0899. The lowest BCUT2D eigenvalue weighted by Crippen LogP contribution is -2.35. The third-order valence-corrected chi connectivity index (χ3v) is 6.47. The number of rotatable bonds is 11. The Labute approximate surface area is 204 Å². The van der Waals surface area contributed by atoms with E-state index in [4.69, 9.17) is 4.42 Å². The van der Waals surface area contributed by atoms with Crippen molar-refractivity contribution in [1.82, 2.24) is 25.4 Å². The highest BCUT2D eigenvalue weighted by Gasteiger charge is 2.30. The molecular weight excluding hydrogens is 446 g/mol. The van der Waals surface area contributed by atoms with Gasteiger partial charge in [-0.15, -0.1) is 0 Å².